The Morgan fingerprint density at radius 3 is 2.62 bits per heavy atom. The third-order valence-corrected chi connectivity index (χ3v) is 3.61. The third-order valence-electron chi connectivity index (χ3n) is 3.61. The van der Waals surface area contributed by atoms with E-state index in [0.29, 0.717) is 6.61 Å². The van der Waals surface area contributed by atoms with Gasteiger partial charge in [-0.15, -0.1) is 0 Å². The number of anilines is 1. The molecule has 3 aromatic rings. The Balaban J connectivity index is 2.13. The minimum Gasteiger partial charge on any atom is -0.450 e. The molecule has 21 heavy (non-hydrogen) atoms. The van der Waals surface area contributed by atoms with Crippen molar-refractivity contribution in [1.82, 2.24) is 4.57 Å². The Hall–Kier alpha value is -2.49. The minimum absolute atomic E-state index is 0.364. The first-order chi connectivity index (χ1) is 10.2. The number of carbonyl (C=O) groups excluding carboxylic acids is 1. The number of amides is 1. The molecule has 0 aliphatic heterocycles. The lowest BCUT2D eigenvalue weighted by Crippen LogP contribution is -2.13. The molecule has 0 bridgehead atoms. The van der Waals surface area contributed by atoms with E-state index in [-0.39, 0.29) is 0 Å². The molecule has 0 unspecified atom stereocenters. The molecule has 1 heterocycles. The number of rotatable bonds is 3. The van der Waals surface area contributed by atoms with E-state index in [1.54, 1.807) is 6.92 Å². The first kappa shape index (κ1) is 13.5. The molecule has 108 valence electrons. The monoisotopic (exact) mass is 282 g/mol. The Morgan fingerprint density at radius 1 is 1.10 bits per heavy atom. The largest absolute Gasteiger partial charge is 0.450 e. The highest BCUT2D eigenvalue weighted by atomic mass is 16.5. The van der Waals surface area contributed by atoms with Crippen LogP contribution in [0.3, 0.4) is 0 Å². The first-order valence-corrected chi connectivity index (χ1v) is 7.19. The Morgan fingerprint density at radius 2 is 1.86 bits per heavy atom. The standard InChI is InChI=1S/C17H18N2O2/c1-3-19-15-8-6-5-7-13(15)14-11-12(9-10-16(14)19)18-17(20)21-4-2/h5-11H,3-4H2,1-2H3,(H,18,20). The number of aromatic nitrogens is 1. The number of nitrogens with zero attached hydrogens (tertiary/aromatic N) is 1. The summed E-state index contributed by atoms with van der Waals surface area (Å²) in [7, 11) is 0. The van der Waals surface area contributed by atoms with Crippen LogP contribution in [0.4, 0.5) is 10.5 Å². The summed E-state index contributed by atoms with van der Waals surface area (Å²) in [6.07, 6.45) is -0.420. The zero-order chi connectivity index (χ0) is 14.8. The van der Waals surface area contributed by atoms with Crippen LogP contribution in [0.1, 0.15) is 13.8 Å². The predicted molar refractivity (Wildman–Crippen MR) is 85.8 cm³/mol. The Bertz CT molecular complexity index is 805. The van der Waals surface area contributed by atoms with Crippen LogP contribution >= 0.6 is 0 Å². The number of nitrogens with one attached hydrogen (secondary N) is 1. The van der Waals surface area contributed by atoms with E-state index in [1.807, 2.05) is 30.3 Å². The molecule has 1 amide bonds. The van der Waals surface area contributed by atoms with Crippen molar-refractivity contribution in [3.8, 4) is 0 Å². The van der Waals surface area contributed by atoms with E-state index < -0.39 is 6.09 Å². The van der Waals surface area contributed by atoms with E-state index in [4.69, 9.17) is 4.74 Å². The number of para-hydroxylation sites is 1. The van der Waals surface area contributed by atoms with Crippen LogP contribution in [-0.2, 0) is 11.3 Å². The maximum Gasteiger partial charge on any atom is 0.411 e. The minimum atomic E-state index is -0.420. The van der Waals surface area contributed by atoms with Gasteiger partial charge in [0.2, 0.25) is 0 Å². The molecule has 3 rings (SSSR count). The number of hydrogen-bond donors (Lipinski definition) is 1. The highest BCUT2D eigenvalue weighted by molar-refractivity contribution is 6.09. The van der Waals surface area contributed by atoms with Crippen LogP contribution in [-0.4, -0.2) is 17.3 Å². The van der Waals surface area contributed by atoms with Gasteiger partial charge in [0.1, 0.15) is 0 Å². The van der Waals surface area contributed by atoms with Crippen molar-refractivity contribution in [3.05, 3.63) is 42.5 Å². The Labute approximate surface area is 123 Å². The van der Waals surface area contributed by atoms with Gasteiger partial charge in [0.15, 0.2) is 0 Å². The molecule has 0 saturated carbocycles. The maximum absolute atomic E-state index is 11.5. The molecule has 0 spiro atoms. The van der Waals surface area contributed by atoms with E-state index in [1.165, 1.54) is 16.4 Å². The van der Waals surface area contributed by atoms with Crippen LogP contribution in [0, 0.1) is 0 Å². The van der Waals surface area contributed by atoms with Gasteiger partial charge >= 0.3 is 6.09 Å². The van der Waals surface area contributed by atoms with E-state index in [9.17, 15) is 4.79 Å². The number of hydrogen-bond acceptors (Lipinski definition) is 2. The fraction of sp³-hybridized carbons (Fsp3) is 0.235. The number of benzene rings is 2. The highest BCUT2D eigenvalue weighted by Crippen LogP contribution is 2.30. The maximum atomic E-state index is 11.5. The third kappa shape index (κ3) is 2.33. The van der Waals surface area contributed by atoms with Gasteiger partial charge in [-0.25, -0.2) is 4.79 Å². The summed E-state index contributed by atoms with van der Waals surface area (Å²) in [4.78, 5) is 11.5. The smallest absolute Gasteiger partial charge is 0.411 e. The fourth-order valence-corrected chi connectivity index (χ4v) is 2.76. The summed E-state index contributed by atoms with van der Waals surface area (Å²) < 4.78 is 7.19. The normalized spacial score (nSPS) is 11.0. The zero-order valence-electron chi connectivity index (χ0n) is 12.2. The molecule has 0 fully saturated rings. The summed E-state index contributed by atoms with van der Waals surface area (Å²) >= 11 is 0. The average molecular weight is 282 g/mol. The van der Waals surface area contributed by atoms with Gasteiger partial charge < -0.3 is 9.30 Å². The van der Waals surface area contributed by atoms with Crippen LogP contribution in [0.15, 0.2) is 42.5 Å². The van der Waals surface area contributed by atoms with Crippen molar-refractivity contribution < 1.29 is 9.53 Å². The van der Waals surface area contributed by atoms with Crippen LogP contribution in [0.2, 0.25) is 0 Å². The van der Waals surface area contributed by atoms with Crippen LogP contribution in [0.5, 0.6) is 0 Å². The van der Waals surface area contributed by atoms with Crippen molar-refractivity contribution in [3.63, 3.8) is 0 Å². The molecular weight excluding hydrogens is 264 g/mol. The molecule has 0 aliphatic carbocycles. The van der Waals surface area contributed by atoms with Gasteiger partial charge in [-0.1, -0.05) is 18.2 Å². The average Bonchev–Trinajstić information content (AvgIpc) is 2.81. The van der Waals surface area contributed by atoms with Gasteiger partial charge in [0.25, 0.3) is 0 Å². The zero-order valence-corrected chi connectivity index (χ0v) is 12.2. The predicted octanol–water partition coefficient (Wildman–Crippen LogP) is 4.38. The Kier molecular flexibility index (Phi) is 3.52. The van der Waals surface area contributed by atoms with E-state index in [2.05, 4.69) is 28.9 Å². The quantitative estimate of drug-likeness (QED) is 0.774. The van der Waals surface area contributed by atoms with Crippen molar-refractivity contribution >= 4 is 33.6 Å². The molecule has 4 heteroatoms. The highest BCUT2D eigenvalue weighted by Gasteiger charge is 2.10. The molecular formula is C17H18N2O2. The summed E-state index contributed by atoms with van der Waals surface area (Å²) in [5.41, 5.74) is 3.14. The van der Waals surface area contributed by atoms with E-state index in [0.717, 1.165) is 17.6 Å². The molecule has 0 radical (unpaired) electrons. The second-order valence-electron chi connectivity index (χ2n) is 4.84. The second kappa shape index (κ2) is 5.48. The molecule has 0 aliphatic rings. The van der Waals surface area contributed by atoms with Crippen molar-refractivity contribution in [2.24, 2.45) is 0 Å². The van der Waals surface area contributed by atoms with Crippen molar-refractivity contribution in [1.29, 1.82) is 0 Å². The van der Waals surface area contributed by atoms with Gasteiger partial charge in [-0.2, -0.15) is 0 Å². The van der Waals surface area contributed by atoms with Crippen molar-refractivity contribution in [2.75, 3.05) is 11.9 Å². The SMILES string of the molecule is CCOC(=O)Nc1ccc2c(c1)c1ccccc1n2CC. The lowest BCUT2D eigenvalue weighted by Gasteiger charge is -2.06. The number of aryl methyl sites for hydroxylation is 1. The lowest BCUT2D eigenvalue weighted by molar-refractivity contribution is 0.168. The molecule has 1 N–H and O–H groups in total. The fourth-order valence-electron chi connectivity index (χ4n) is 2.76. The van der Waals surface area contributed by atoms with Gasteiger partial charge in [-0.05, 0) is 38.1 Å². The van der Waals surface area contributed by atoms with Gasteiger partial charge in [-0.3, -0.25) is 5.32 Å². The summed E-state index contributed by atoms with van der Waals surface area (Å²) in [5, 5.41) is 5.09. The summed E-state index contributed by atoms with van der Waals surface area (Å²) in [6.45, 7) is 5.20. The summed E-state index contributed by atoms with van der Waals surface area (Å²) in [5.74, 6) is 0. The first-order valence-electron chi connectivity index (χ1n) is 7.19. The van der Waals surface area contributed by atoms with Crippen LogP contribution < -0.4 is 5.32 Å². The van der Waals surface area contributed by atoms with Gasteiger partial charge in [0, 0.05) is 34.0 Å². The summed E-state index contributed by atoms with van der Waals surface area (Å²) in [6, 6.07) is 14.3. The number of ether oxygens (including phenoxy) is 1. The van der Waals surface area contributed by atoms with Crippen LogP contribution in [0.25, 0.3) is 21.8 Å². The number of fused-ring (bicyclic) bond motifs is 3. The number of carbonyl (C=O) groups is 1. The second-order valence-corrected chi connectivity index (χ2v) is 4.84. The lowest BCUT2D eigenvalue weighted by atomic mass is 10.1. The molecule has 1 aromatic heterocycles. The molecule has 0 atom stereocenters. The van der Waals surface area contributed by atoms with Crippen molar-refractivity contribution in [2.45, 2.75) is 20.4 Å². The molecule has 0 saturated heterocycles. The van der Waals surface area contributed by atoms with Gasteiger partial charge in [0.05, 0.1) is 6.61 Å². The topological polar surface area (TPSA) is 43.3 Å². The van der Waals surface area contributed by atoms with E-state index >= 15 is 0 Å². The molecule has 2 aromatic carbocycles. The molecule has 4 nitrogen and oxygen atoms in total.